The number of hydrogen-bond acceptors (Lipinski definition) is 4. The molecule has 2 aromatic rings. The first-order valence-electron chi connectivity index (χ1n) is 8.95. The number of aryl methyl sites for hydroxylation is 1. The number of rotatable bonds is 7. The van der Waals surface area contributed by atoms with Crippen LogP contribution in [0.15, 0.2) is 35.7 Å². The molecule has 1 unspecified atom stereocenters. The molecule has 1 amide bonds. The monoisotopic (exact) mass is 357 g/mol. The van der Waals surface area contributed by atoms with Gasteiger partial charge in [-0.2, -0.15) is 0 Å². The normalized spacial score (nSPS) is 18.4. The van der Waals surface area contributed by atoms with Crippen molar-refractivity contribution in [2.24, 2.45) is 11.7 Å². The molecule has 0 bridgehead atoms. The van der Waals surface area contributed by atoms with Crippen LogP contribution >= 0.6 is 11.3 Å². The van der Waals surface area contributed by atoms with E-state index in [0.717, 1.165) is 45.6 Å². The third kappa shape index (κ3) is 5.14. The Labute approximate surface area is 154 Å². The van der Waals surface area contributed by atoms with Crippen molar-refractivity contribution in [3.8, 4) is 0 Å². The van der Waals surface area contributed by atoms with E-state index in [9.17, 15) is 4.79 Å². The Morgan fingerprint density at radius 3 is 2.92 bits per heavy atom. The predicted molar refractivity (Wildman–Crippen MR) is 103 cm³/mol. The third-order valence-electron chi connectivity index (χ3n) is 4.89. The zero-order valence-corrected chi connectivity index (χ0v) is 15.6. The summed E-state index contributed by atoms with van der Waals surface area (Å²) in [6, 6.07) is 10.9. The Kier molecular flexibility index (Phi) is 6.24. The number of nitrogens with two attached hydrogens (primary N) is 1. The summed E-state index contributed by atoms with van der Waals surface area (Å²) in [6.07, 6.45) is 1.98. The number of likely N-dealkylation sites (tertiary alicyclic amines) is 1. The smallest absolute Gasteiger partial charge is 0.221 e. The molecule has 25 heavy (non-hydrogen) atoms. The lowest BCUT2D eigenvalue weighted by Crippen LogP contribution is -2.40. The van der Waals surface area contributed by atoms with Crippen LogP contribution in [0.1, 0.15) is 34.4 Å². The van der Waals surface area contributed by atoms with Crippen molar-refractivity contribution in [1.29, 1.82) is 0 Å². The van der Waals surface area contributed by atoms with E-state index in [2.05, 4.69) is 52.9 Å². The lowest BCUT2D eigenvalue weighted by atomic mass is 9.97. The van der Waals surface area contributed by atoms with Gasteiger partial charge >= 0.3 is 0 Å². The van der Waals surface area contributed by atoms with Gasteiger partial charge < -0.3 is 11.1 Å². The van der Waals surface area contributed by atoms with Crippen LogP contribution < -0.4 is 11.1 Å². The number of piperidine rings is 1. The molecular weight excluding hydrogens is 330 g/mol. The number of nitrogens with zero attached hydrogens (tertiary/aromatic N) is 1. The minimum Gasteiger partial charge on any atom is -0.369 e. The Morgan fingerprint density at radius 2 is 2.16 bits per heavy atom. The molecule has 0 aliphatic carbocycles. The largest absolute Gasteiger partial charge is 0.369 e. The van der Waals surface area contributed by atoms with Gasteiger partial charge in [0.05, 0.1) is 5.92 Å². The SMILES string of the molecule is Cc1ccsc1CNCc1cccc(CN2CCCC(C(N)=O)C2)c1. The van der Waals surface area contributed by atoms with Crippen LogP contribution in [0.25, 0.3) is 0 Å². The average molecular weight is 358 g/mol. The van der Waals surface area contributed by atoms with Crippen LogP contribution in [0.5, 0.6) is 0 Å². The van der Waals surface area contributed by atoms with E-state index in [4.69, 9.17) is 5.73 Å². The molecule has 3 rings (SSSR count). The zero-order chi connectivity index (χ0) is 17.6. The number of thiophene rings is 1. The second kappa shape index (κ2) is 8.61. The molecule has 1 aliphatic rings. The maximum Gasteiger partial charge on any atom is 0.221 e. The van der Waals surface area contributed by atoms with E-state index in [1.165, 1.54) is 21.6 Å². The van der Waals surface area contributed by atoms with Gasteiger partial charge in [0.1, 0.15) is 0 Å². The lowest BCUT2D eigenvalue weighted by molar-refractivity contribution is -0.123. The minimum atomic E-state index is -0.161. The average Bonchev–Trinajstić information content (AvgIpc) is 3.01. The van der Waals surface area contributed by atoms with Crippen molar-refractivity contribution < 1.29 is 4.79 Å². The molecule has 1 aliphatic heterocycles. The summed E-state index contributed by atoms with van der Waals surface area (Å²) >= 11 is 1.81. The number of nitrogens with one attached hydrogen (secondary N) is 1. The molecule has 0 saturated carbocycles. The first-order valence-corrected chi connectivity index (χ1v) is 9.83. The van der Waals surface area contributed by atoms with Crippen LogP contribution in [0.3, 0.4) is 0 Å². The highest BCUT2D eigenvalue weighted by molar-refractivity contribution is 7.10. The molecule has 4 nitrogen and oxygen atoms in total. The van der Waals surface area contributed by atoms with E-state index >= 15 is 0 Å². The number of carbonyl (C=O) groups excluding carboxylic acids is 1. The quantitative estimate of drug-likeness (QED) is 0.801. The first-order chi connectivity index (χ1) is 12.1. The van der Waals surface area contributed by atoms with Crippen LogP contribution in [0, 0.1) is 12.8 Å². The van der Waals surface area contributed by atoms with Gasteiger partial charge in [-0.15, -0.1) is 11.3 Å². The minimum absolute atomic E-state index is 0.00707. The van der Waals surface area contributed by atoms with Crippen LogP contribution in [0.2, 0.25) is 0 Å². The summed E-state index contributed by atoms with van der Waals surface area (Å²) in [5, 5.41) is 5.68. The van der Waals surface area contributed by atoms with E-state index < -0.39 is 0 Å². The number of amides is 1. The predicted octanol–water partition coefficient (Wildman–Crippen LogP) is 3.04. The Morgan fingerprint density at radius 1 is 1.32 bits per heavy atom. The summed E-state index contributed by atoms with van der Waals surface area (Å²) < 4.78 is 0. The molecule has 0 radical (unpaired) electrons. The molecule has 1 aromatic carbocycles. The molecule has 1 atom stereocenters. The molecule has 5 heteroatoms. The number of primary amides is 1. The Bertz CT molecular complexity index is 712. The van der Waals surface area contributed by atoms with Crippen LogP contribution in [0.4, 0.5) is 0 Å². The van der Waals surface area contributed by atoms with Gasteiger partial charge in [0.25, 0.3) is 0 Å². The van der Waals surface area contributed by atoms with E-state index in [1.807, 2.05) is 0 Å². The number of hydrogen-bond donors (Lipinski definition) is 2. The summed E-state index contributed by atoms with van der Waals surface area (Å²) in [4.78, 5) is 15.2. The van der Waals surface area contributed by atoms with Crippen LogP contribution in [-0.2, 0) is 24.4 Å². The van der Waals surface area contributed by atoms with E-state index in [1.54, 1.807) is 11.3 Å². The van der Waals surface area contributed by atoms with Gasteiger partial charge in [0, 0.05) is 31.1 Å². The molecule has 1 saturated heterocycles. The van der Waals surface area contributed by atoms with Crippen molar-refractivity contribution >= 4 is 17.2 Å². The zero-order valence-electron chi connectivity index (χ0n) is 14.8. The molecule has 134 valence electrons. The van der Waals surface area contributed by atoms with Crippen LogP contribution in [-0.4, -0.2) is 23.9 Å². The molecule has 1 aromatic heterocycles. The Balaban J connectivity index is 1.52. The fourth-order valence-electron chi connectivity index (χ4n) is 3.43. The second-order valence-corrected chi connectivity index (χ2v) is 7.93. The summed E-state index contributed by atoms with van der Waals surface area (Å²) in [6.45, 7) is 6.67. The molecule has 2 heterocycles. The lowest BCUT2D eigenvalue weighted by Gasteiger charge is -2.31. The highest BCUT2D eigenvalue weighted by Crippen LogP contribution is 2.19. The first kappa shape index (κ1) is 18.1. The summed E-state index contributed by atoms with van der Waals surface area (Å²) in [5.74, 6) is -0.154. The van der Waals surface area contributed by atoms with Crippen molar-refractivity contribution in [2.45, 2.75) is 39.4 Å². The highest BCUT2D eigenvalue weighted by atomic mass is 32.1. The maximum atomic E-state index is 11.4. The second-order valence-electron chi connectivity index (χ2n) is 6.93. The van der Waals surface area contributed by atoms with Gasteiger partial charge in [0.15, 0.2) is 0 Å². The van der Waals surface area contributed by atoms with Crippen molar-refractivity contribution in [3.05, 3.63) is 57.3 Å². The highest BCUT2D eigenvalue weighted by Gasteiger charge is 2.23. The van der Waals surface area contributed by atoms with Gasteiger partial charge in [-0.3, -0.25) is 9.69 Å². The Hall–Kier alpha value is -1.69. The topological polar surface area (TPSA) is 58.4 Å². The molecule has 3 N–H and O–H groups in total. The van der Waals surface area contributed by atoms with Crippen molar-refractivity contribution in [1.82, 2.24) is 10.2 Å². The summed E-state index contributed by atoms with van der Waals surface area (Å²) in [5.41, 5.74) is 9.44. The maximum absolute atomic E-state index is 11.4. The van der Waals surface area contributed by atoms with Gasteiger partial charge in [0.2, 0.25) is 5.91 Å². The summed E-state index contributed by atoms with van der Waals surface area (Å²) in [7, 11) is 0. The fourth-order valence-corrected chi connectivity index (χ4v) is 4.31. The van der Waals surface area contributed by atoms with Crippen molar-refractivity contribution in [3.63, 3.8) is 0 Å². The van der Waals surface area contributed by atoms with Gasteiger partial charge in [-0.25, -0.2) is 0 Å². The van der Waals surface area contributed by atoms with Gasteiger partial charge in [-0.05, 0) is 54.4 Å². The molecule has 0 spiro atoms. The van der Waals surface area contributed by atoms with E-state index in [-0.39, 0.29) is 11.8 Å². The molecule has 1 fully saturated rings. The standard InChI is InChI=1S/C20H27N3OS/c1-15-7-9-25-19(15)12-22-11-16-4-2-5-17(10-16)13-23-8-3-6-18(14-23)20(21)24/h2,4-5,7,9-10,18,22H,3,6,8,11-14H2,1H3,(H2,21,24). The van der Waals surface area contributed by atoms with E-state index in [0.29, 0.717) is 0 Å². The number of benzene rings is 1. The van der Waals surface area contributed by atoms with Gasteiger partial charge in [-0.1, -0.05) is 24.3 Å². The number of carbonyl (C=O) groups is 1. The fraction of sp³-hybridized carbons (Fsp3) is 0.450. The third-order valence-corrected chi connectivity index (χ3v) is 5.91. The van der Waals surface area contributed by atoms with Crippen molar-refractivity contribution in [2.75, 3.05) is 13.1 Å². The molecular formula is C20H27N3OS.